The zero-order chi connectivity index (χ0) is 36.2. The summed E-state index contributed by atoms with van der Waals surface area (Å²) in [5, 5.41) is 16.5. The normalized spacial score (nSPS) is 17.4. The fraction of sp³-hybridized carbons (Fsp3) is 0.312. The number of halogens is 6. The second-order valence-electron chi connectivity index (χ2n) is 11.2. The number of ether oxygens (including phenoxy) is 1. The Hall–Kier alpha value is -3.81. The van der Waals surface area contributed by atoms with E-state index in [9.17, 15) is 40.7 Å². The third-order valence-corrected chi connectivity index (χ3v) is 9.95. The van der Waals surface area contributed by atoms with Crippen molar-refractivity contribution in [3.8, 4) is 11.1 Å². The number of morpholine rings is 1. The summed E-state index contributed by atoms with van der Waals surface area (Å²) in [4.78, 5) is 42.1. The summed E-state index contributed by atoms with van der Waals surface area (Å²) in [5.74, 6) is -2.17. The van der Waals surface area contributed by atoms with Crippen LogP contribution in [0.25, 0.3) is 17.2 Å². The molecule has 1 atom stereocenters. The first-order chi connectivity index (χ1) is 23.6. The van der Waals surface area contributed by atoms with Crippen LogP contribution in [0.3, 0.4) is 0 Å². The van der Waals surface area contributed by atoms with Gasteiger partial charge in [0.05, 0.1) is 41.4 Å². The lowest BCUT2D eigenvalue weighted by Gasteiger charge is -2.28. The molecule has 2 saturated heterocycles. The van der Waals surface area contributed by atoms with Crippen LogP contribution in [0.1, 0.15) is 26.4 Å². The van der Waals surface area contributed by atoms with Gasteiger partial charge in [0, 0.05) is 36.7 Å². The van der Waals surface area contributed by atoms with E-state index in [1.807, 2.05) is 0 Å². The van der Waals surface area contributed by atoms with Gasteiger partial charge in [-0.1, -0.05) is 24.0 Å². The SMILES string of the molecule is O=C(O)c1ccc(NC(=O)[C@H](CN2C(=O)C(=Cc3cc(-c4cc(C(F)(F)F)cc(C(F)(F)F)c4)cs3)SC2=S)NCCN2CCOCC2)cc1. The van der Waals surface area contributed by atoms with Crippen molar-refractivity contribution in [1.82, 2.24) is 15.1 Å². The van der Waals surface area contributed by atoms with Crippen molar-refractivity contribution in [3.63, 3.8) is 0 Å². The van der Waals surface area contributed by atoms with E-state index in [0.717, 1.165) is 36.2 Å². The van der Waals surface area contributed by atoms with Crippen LogP contribution in [0, 0.1) is 0 Å². The number of nitrogens with one attached hydrogen (secondary N) is 2. The quantitative estimate of drug-likeness (QED) is 0.118. The molecule has 0 saturated carbocycles. The summed E-state index contributed by atoms with van der Waals surface area (Å²) in [5.41, 5.74) is -2.69. The smallest absolute Gasteiger partial charge is 0.416 e. The number of hydrogen-bond acceptors (Lipinski definition) is 9. The Morgan fingerprint density at radius 1 is 0.980 bits per heavy atom. The maximum absolute atomic E-state index is 13.5. The van der Waals surface area contributed by atoms with E-state index in [2.05, 4.69) is 15.5 Å². The van der Waals surface area contributed by atoms with Gasteiger partial charge in [-0.25, -0.2) is 4.79 Å². The van der Waals surface area contributed by atoms with Crippen molar-refractivity contribution >= 4 is 69.2 Å². The van der Waals surface area contributed by atoms with Gasteiger partial charge in [0.2, 0.25) is 5.91 Å². The number of anilines is 1. The molecule has 266 valence electrons. The summed E-state index contributed by atoms with van der Waals surface area (Å²) in [6, 6.07) is 7.31. The highest BCUT2D eigenvalue weighted by atomic mass is 32.2. The molecule has 2 fully saturated rings. The number of rotatable bonds is 11. The van der Waals surface area contributed by atoms with E-state index < -0.39 is 47.3 Å². The van der Waals surface area contributed by atoms with Crippen LogP contribution in [0.5, 0.6) is 0 Å². The van der Waals surface area contributed by atoms with Crippen molar-refractivity contribution < 1.29 is 50.6 Å². The van der Waals surface area contributed by atoms with E-state index >= 15 is 0 Å². The van der Waals surface area contributed by atoms with Gasteiger partial charge in [-0.15, -0.1) is 11.3 Å². The minimum absolute atomic E-state index is 0.0336. The average molecular weight is 759 g/mol. The average Bonchev–Trinajstić information content (AvgIpc) is 3.63. The van der Waals surface area contributed by atoms with Gasteiger partial charge in [0.15, 0.2) is 0 Å². The first-order valence-corrected chi connectivity index (χ1v) is 17.0. The number of amides is 2. The van der Waals surface area contributed by atoms with E-state index in [1.165, 1.54) is 46.7 Å². The Labute approximate surface area is 295 Å². The molecule has 18 heteroatoms. The molecule has 5 rings (SSSR count). The first kappa shape index (κ1) is 37.4. The van der Waals surface area contributed by atoms with Crippen LogP contribution >= 0.6 is 35.3 Å². The fourth-order valence-corrected chi connectivity index (χ4v) is 7.25. The van der Waals surface area contributed by atoms with Gasteiger partial charge in [0.1, 0.15) is 10.4 Å². The second kappa shape index (κ2) is 15.6. The highest BCUT2D eigenvalue weighted by Gasteiger charge is 2.38. The lowest BCUT2D eigenvalue weighted by molar-refractivity contribution is -0.143. The molecule has 0 aliphatic carbocycles. The molecule has 9 nitrogen and oxygen atoms in total. The second-order valence-corrected chi connectivity index (χ2v) is 13.8. The Kier molecular flexibility index (Phi) is 11.7. The molecular formula is C32H28F6N4O5S3. The molecule has 2 aliphatic heterocycles. The summed E-state index contributed by atoms with van der Waals surface area (Å²) in [6.07, 6.45) is -8.56. The number of aromatic carboxylic acids is 1. The Morgan fingerprint density at radius 3 is 2.22 bits per heavy atom. The lowest BCUT2D eigenvalue weighted by Crippen LogP contribution is -2.51. The van der Waals surface area contributed by atoms with Crippen LogP contribution in [0.4, 0.5) is 32.0 Å². The maximum Gasteiger partial charge on any atom is 0.416 e. The molecule has 0 unspecified atom stereocenters. The van der Waals surface area contributed by atoms with E-state index in [-0.39, 0.29) is 38.5 Å². The summed E-state index contributed by atoms with van der Waals surface area (Å²) >= 11 is 7.42. The van der Waals surface area contributed by atoms with Crippen LogP contribution in [-0.2, 0) is 26.7 Å². The maximum atomic E-state index is 13.5. The molecule has 0 spiro atoms. The predicted molar refractivity (Wildman–Crippen MR) is 181 cm³/mol. The lowest BCUT2D eigenvalue weighted by atomic mass is 10.0. The predicted octanol–water partition coefficient (Wildman–Crippen LogP) is 6.28. The highest BCUT2D eigenvalue weighted by molar-refractivity contribution is 8.26. The van der Waals surface area contributed by atoms with Gasteiger partial charge >= 0.3 is 18.3 Å². The zero-order valence-corrected chi connectivity index (χ0v) is 28.2. The minimum Gasteiger partial charge on any atom is -0.478 e. The number of carbonyl (C=O) groups excluding carboxylic acids is 2. The topological polar surface area (TPSA) is 111 Å². The number of benzene rings is 2. The van der Waals surface area contributed by atoms with Gasteiger partial charge in [-0.3, -0.25) is 19.4 Å². The van der Waals surface area contributed by atoms with Crippen molar-refractivity contribution in [2.45, 2.75) is 18.4 Å². The highest BCUT2D eigenvalue weighted by Crippen LogP contribution is 2.40. The molecule has 3 N–H and O–H groups in total. The van der Waals surface area contributed by atoms with Gasteiger partial charge < -0.3 is 20.5 Å². The van der Waals surface area contributed by atoms with Crippen LogP contribution < -0.4 is 10.6 Å². The van der Waals surface area contributed by atoms with Crippen LogP contribution in [0.15, 0.2) is 58.8 Å². The molecule has 2 aromatic carbocycles. The Balaban J connectivity index is 1.32. The molecule has 2 aliphatic rings. The van der Waals surface area contributed by atoms with Crippen LogP contribution in [0.2, 0.25) is 0 Å². The monoisotopic (exact) mass is 758 g/mol. The number of carboxylic acids is 1. The fourth-order valence-electron chi connectivity index (χ4n) is 5.06. The molecule has 0 bridgehead atoms. The molecule has 50 heavy (non-hydrogen) atoms. The summed E-state index contributed by atoms with van der Waals surface area (Å²) in [6.45, 7) is 3.41. The van der Waals surface area contributed by atoms with E-state index in [1.54, 1.807) is 0 Å². The first-order valence-electron chi connectivity index (χ1n) is 14.9. The molecule has 0 radical (unpaired) electrons. The number of thiocarbonyl (C=S) groups is 1. The standard InChI is InChI=1S/C32H28F6N4O5S3/c33-31(34,35)21-11-19(12-22(14-21)32(36,37)38)20-13-24(49-17-20)15-26-28(44)42(30(48)50-26)16-25(39-5-6-41-7-9-47-10-8-41)27(43)40-23-3-1-18(2-4-23)29(45)46/h1-4,11-15,17,25,39H,5-10,16H2,(H,40,43)(H,45,46)/t25-/m0/s1. The van der Waals surface area contributed by atoms with Crippen molar-refractivity contribution in [2.75, 3.05) is 51.3 Å². The molecule has 3 heterocycles. The third-order valence-electron chi connectivity index (χ3n) is 7.69. The number of thioether (sulfide) groups is 1. The number of hydrogen-bond donors (Lipinski definition) is 3. The number of carbonyl (C=O) groups is 3. The van der Waals surface area contributed by atoms with Gasteiger partial charge in [-0.2, -0.15) is 26.3 Å². The van der Waals surface area contributed by atoms with Gasteiger partial charge in [0.25, 0.3) is 5.91 Å². The zero-order valence-electron chi connectivity index (χ0n) is 25.8. The van der Waals surface area contributed by atoms with Crippen LogP contribution in [-0.4, -0.2) is 89.0 Å². The molecule has 2 amide bonds. The third kappa shape index (κ3) is 9.49. The Bertz CT molecular complexity index is 1760. The number of carboxylic acid groups (broad SMARTS) is 1. The Morgan fingerprint density at radius 2 is 1.62 bits per heavy atom. The summed E-state index contributed by atoms with van der Waals surface area (Å²) in [7, 11) is 0. The van der Waals surface area contributed by atoms with Crippen molar-refractivity contribution in [3.05, 3.63) is 80.4 Å². The molecule has 3 aromatic rings. The number of thiophene rings is 1. The largest absolute Gasteiger partial charge is 0.478 e. The van der Waals surface area contributed by atoms with Crippen molar-refractivity contribution in [2.24, 2.45) is 0 Å². The minimum atomic E-state index is -5.00. The molecular weight excluding hydrogens is 731 g/mol. The van der Waals surface area contributed by atoms with Crippen molar-refractivity contribution in [1.29, 1.82) is 0 Å². The molecule has 1 aromatic heterocycles. The van der Waals surface area contributed by atoms with E-state index in [0.29, 0.717) is 49.0 Å². The summed E-state index contributed by atoms with van der Waals surface area (Å²) < 4.78 is 85.9. The number of alkyl halides is 6. The number of nitrogens with zero attached hydrogens (tertiary/aromatic N) is 2. The van der Waals surface area contributed by atoms with Gasteiger partial charge in [-0.05, 0) is 71.1 Å². The van der Waals surface area contributed by atoms with E-state index in [4.69, 9.17) is 22.1 Å².